The minimum Gasteiger partial charge on any atom is -0.337 e. The number of carbonyl (C=O) groups excluding carboxylic acids is 2. The highest BCUT2D eigenvalue weighted by molar-refractivity contribution is 7.98. The van der Waals surface area contributed by atoms with E-state index in [-0.39, 0.29) is 18.0 Å². The Hall–Kier alpha value is -0.950. The van der Waals surface area contributed by atoms with Crippen LogP contribution in [0.25, 0.3) is 0 Å². The maximum absolute atomic E-state index is 12.1. The van der Waals surface area contributed by atoms with Crippen molar-refractivity contribution in [3.8, 4) is 0 Å². The van der Waals surface area contributed by atoms with E-state index in [1.165, 1.54) is 0 Å². The van der Waals surface area contributed by atoms with Gasteiger partial charge in [-0.05, 0) is 18.4 Å². The van der Waals surface area contributed by atoms with Crippen LogP contribution in [0.3, 0.4) is 0 Å². The molecular formula is C11H20N4O2S. The third-order valence-corrected chi connectivity index (χ3v) is 4.14. The molecule has 0 aromatic rings. The van der Waals surface area contributed by atoms with Crippen LogP contribution in [0.2, 0.25) is 0 Å². The number of thioether (sulfide) groups is 1. The standard InChI is InChI=1S/C11H20N4O2S/c1-18-5-2-9(12)10(16)14-3-4-15-8(7-14)6-13-11(15)17/h8-9H,2-7,12H2,1H3,(H,13,17)/t8?,9-/m1/s1. The van der Waals surface area contributed by atoms with Gasteiger partial charge in [0.05, 0.1) is 12.1 Å². The Morgan fingerprint density at radius 1 is 1.61 bits per heavy atom. The van der Waals surface area contributed by atoms with Gasteiger partial charge in [-0.3, -0.25) is 4.79 Å². The zero-order chi connectivity index (χ0) is 13.1. The number of nitrogens with zero attached hydrogens (tertiary/aromatic N) is 2. The van der Waals surface area contributed by atoms with Crippen molar-refractivity contribution in [3.63, 3.8) is 0 Å². The summed E-state index contributed by atoms with van der Waals surface area (Å²) in [5.74, 6) is 0.916. The van der Waals surface area contributed by atoms with Gasteiger partial charge in [0.2, 0.25) is 5.91 Å². The second-order valence-electron chi connectivity index (χ2n) is 4.71. The number of urea groups is 1. The van der Waals surface area contributed by atoms with E-state index >= 15 is 0 Å². The quantitative estimate of drug-likeness (QED) is 0.709. The Morgan fingerprint density at radius 2 is 2.39 bits per heavy atom. The summed E-state index contributed by atoms with van der Waals surface area (Å²) < 4.78 is 0. The lowest BCUT2D eigenvalue weighted by Crippen LogP contribution is -2.56. The molecule has 2 atom stereocenters. The normalized spacial score (nSPS) is 24.8. The van der Waals surface area contributed by atoms with Crippen LogP contribution in [0, 0.1) is 0 Å². The van der Waals surface area contributed by atoms with Gasteiger partial charge < -0.3 is 20.9 Å². The summed E-state index contributed by atoms with van der Waals surface area (Å²) in [6.07, 6.45) is 2.72. The molecule has 2 aliphatic heterocycles. The van der Waals surface area contributed by atoms with E-state index in [4.69, 9.17) is 5.73 Å². The Bertz CT molecular complexity index is 339. The first-order valence-corrected chi connectivity index (χ1v) is 7.60. The molecule has 2 aliphatic rings. The van der Waals surface area contributed by atoms with Gasteiger partial charge in [-0.25, -0.2) is 4.79 Å². The number of amides is 3. The minimum atomic E-state index is -0.408. The van der Waals surface area contributed by atoms with Crippen LogP contribution in [0.5, 0.6) is 0 Å². The molecule has 2 fully saturated rings. The molecule has 2 heterocycles. The number of piperazine rings is 1. The summed E-state index contributed by atoms with van der Waals surface area (Å²) in [4.78, 5) is 27.2. The molecule has 1 unspecified atom stereocenters. The maximum Gasteiger partial charge on any atom is 0.317 e. The van der Waals surface area contributed by atoms with E-state index in [1.807, 2.05) is 6.26 Å². The molecule has 0 bridgehead atoms. The number of hydrogen-bond donors (Lipinski definition) is 2. The number of nitrogens with one attached hydrogen (secondary N) is 1. The summed E-state index contributed by atoms with van der Waals surface area (Å²) in [5, 5.41) is 2.80. The number of rotatable bonds is 4. The minimum absolute atomic E-state index is 0.0150. The molecule has 0 aromatic heterocycles. The van der Waals surface area contributed by atoms with Crippen LogP contribution in [-0.2, 0) is 4.79 Å². The van der Waals surface area contributed by atoms with E-state index in [0.29, 0.717) is 32.6 Å². The van der Waals surface area contributed by atoms with Gasteiger partial charge in [0.25, 0.3) is 0 Å². The molecule has 18 heavy (non-hydrogen) atoms. The Kier molecular flexibility index (Phi) is 4.34. The van der Waals surface area contributed by atoms with Gasteiger partial charge in [0, 0.05) is 26.2 Å². The lowest BCUT2D eigenvalue weighted by Gasteiger charge is -2.37. The van der Waals surface area contributed by atoms with Crippen molar-refractivity contribution in [2.24, 2.45) is 5.73 Å². The highest BCUT2D eigenvalue weighted by atomic mass is 32.2. The average molecular weight is 272 g/mol. The first kappa shape index (κ1) is 13.5. The van der Waals surface area contributed by atoms with E-state index in [1.54, 1.807) is 21.6 Å². The van der Waals surface area contributed by atoms with Gasteiger partial charge in [-0.15, -0.1) is 0 Å². The van der Waals surface area contributed by atoms with Gasteiger partial charge >= 0.3 is 6.03 Å². The predicted molar refractivity (Wildman–Crippen MR) is 71.4 cm³/mol. The highest BCUT2D eigenvalue weighted by Crippen LogP contribution is 2.15. The molecule has 6 nitrogen and oxygen atoms in total. The second-order valence-corrected chi connectivity index (χ2v) is 5.69. The van der Waals surface area contributed by atoms with Crippen LogP contribution in [0.1, 0.15) is 6.42 Å². The lowest BCUT2D eigenvalue weighted by atomic mass is 10.1. The van der Waals surface area contributed by atoms with E-state index in [9.17, 15) is 9.59 Å². The third kappa shape index (κ3) is 2.72. The first-order valence-electron chi connectivity index (χ1n) is 6.21. The molecular weight excluding hydrogens is 252 g/mol. The van der Waals surface area contributed by atoms with Crippen molar-refractivity contribution in [1.82, 2.24) is 15.1 Å². The summed E-state index contributed by atoms with van der Waals surface area (Å²) in [6.45, 7) is 2.43. The van der Waals surface area contributed by atoms with Crippen molar-refractivity contribution in [3.05, 3.63) is 0 Å². The average Bonchev–Trinajstić information content (AvgIpc) is 2.76. The van der Waals surface area contributed by atoms with Crippen molar-refractivity contribution in [2.75, 3.05) is 38.2 Å². The highest BCUT2D eigenvalue weighted by Gasteiger charge is 2.37. The van der Waals surface area contributed by atoms with Gasteiger partial charge in [0.1, 0.15) is 0 Å². The smallest absolute Gasteiger partial charge is 0.317 e. The molecule has 102 valence electrons. The molecule has 3 amide bonds. The van der Waals surface area contributed by atoms with Crippen LogP contribution in [0.4, 0.5) is 4.79 Å². The van der Waals surface area contributed by atoms with Gasteiger partial charge in [-0.2, -0.15) is 11.8 Å². The molecule has 0 aromatic carbocycles. The summed E-state index contributed by atoms with van der Waals surface area (Å²) in [7, 11) is 0. The van der Waals surface area contributed by atoms with Gasteiger partial charge in [0.15, 0.2) is 0 Å². The van der Waals surface area contributed by atoms with Crippen molar-refractivity contribution >= 4 is 23.7 Å². The van der Waals surface area contributed by atoms with E-state index in [2.05, 4.69) is 5.32 Å². The molecule has 0 radical (unpaired) electrons. The third-order valence-electron chi connectivity index (χ3n) is 3.49. The molecule has 2 saturated heterocycles. The predicted octanol–water partition coefficient (Wildman–Crippen LogP) is -0.697. The van der Waals surface area contributed by atoms with Crippen molar-refractivity contribution < 1.29 is 9.59 Å². The fourth-order valence-corrected chi connectivity index (χ4v) is 2.90. The monoisotopic (exact) mass is 272 g/mol. The Balaban J connectivity index is 1.87. The first-order chi connectivity index (χ1) is 8.63. The number of hydrogen-bond acceptors (Lipinski definition) is 4. The fourth-order valence-electron chi connectivity index (χ4n) is 2.41. The summed E-state index contributed by atoms with van der Waals surface area (Å²) in [5.41, 5.74) is 5.90. The molecule has 2 rings (SSSR count). The summed E-state index contributed by atoms with van der Waals surface area (Å²) in [6, 6.07) is -0.309. The van der Waals surface area contributed by atoms with E-state index < -0.39 is 6.04 Å². The zero-order valence-corrected chi connectivity index (χ0v) is 11.4. The molecule has 0 spiro atoms. The van der Waals surface area contributed by atoms with Gasteiger partial charge in [-0.1, -0.05) is 0 Å². The second kappa shape index (κ2) is 5.79. The van der Waals surface area contributed by atoms with Crippen LogP contribution in [-0.4, -0.2) is 72.0 Å². The van der Waals surface area contributed by atoms with Crippen LogP contribution in [0.15, 0.2) is 0 Å². The summed E-state index contributed by atoms with van der Waals surface area (Å²) >= 11 is 1.70. The molecule has 3 N–H and O–H groups in total. The number of nitrogens with two attached hydrogens (primary N) is 1. The Labute approximate surface area is 111 Å². The molecule has 0 saturated carbocycles. The maximum atomic E-state index is 12.1. The number of carbonyl (C=O) groups is 2. The zero-order valence-electron chi connectivity index (χ0n) is 10.6. The fraction of sp³-hybridized carbons (Fsp3) is 0.818. The molecule has 7 heteroatoms. The Morgan fingerprint density at radius 3 is 3.11 bits per heavy atom. The topological polar surface area (TPSA) is 78.7 Å². The van der Waals surface area contributed by atoms with Crippen LogP contribution >= 0.6 is 11.8 Å². The van der Waals surface area contributed by atoms with Crippen molar-refractivity contribution in [2.45, 2.75) is 18.5 Å². The molecule has 0 aliphatic carbocycles. The van der Waals surface area contributed by atoms with Crippen molar-refractivity contribution in [1.29, 1.82) is 0 Å². The lowest BCUT2D eigenvalue weighted by molar-refractivity contribution is -0.134. The SMILES string of the molecule is CSCC[C@@H](N)C(=O)N1CCN2C(=O)NCC2C1. The van der Waals surface area contributed by atoms with E-state index in [0.717, 1.165) is 5.75 Å². The number of fused-ring (bicyclic) bond motifs is 1. The van der Waals surface area contributed by atoms with Crippen LogP contribution < -0.4 is 11.1 Å². The largest absolute Gasteiger partial charge is 0.337 e.